The third-order valence-corrected chi connectivity index (χ3v) is 6.73. The number of aryl methyl sites for hydroxylation is 1. The average Bonchev–Trinajstić information content (AvgIpc) is 3.41. The Labute approximate surface area is 216 Å². The quantitative estimate of drug-likeness (QED) is 0.366. The third-order valence-electron chi connectivity index (χ3n) is 6.73. The zero-order valence-electron chi connectivity index (χ0n) is 21.5. The second-order valence-corrected chi connectivity index (χ2v) is 9.63. The normalized spacial score (nSPS) is 16.7. The van der Waals surface area contributed by atoms with Crippen molar-refractivity contribution in [3.8, 4) is 11.4 Å². The van der Waals surface area contributed by atoms with Gasteiger partial charge in [-0.2, -0.15) is 13.2 Å². The number of aliphatic imine (C=N–C) groups is 2. The molecule has 1 aliphatic heterocycles. The molecule has 1 aromatic carbocycles. The predicted octanol–water partition coefficient (Wildman–Crippen LogP) is 5.08. The van der Waals surface area contributed by atoms with Crippen LogP contribution in [0.25, 0.3) is 22.6 Å². The van der Waals surface area contributed by atoms with Gasteiger partial charge in [0.25, 0.3) is 0 Å². The van der Waals surface area contributed by atoms with E-state index in [4.69, 9.17) is 4.98 Å². The molecule has 0 bridgehead atoms. The maximum absolute atomic E-state index is 13.3. The number of alkyl halides is 3. The number of amidine groups is 1. The summed E-state index contributed by atoms with van der Waals surface area (Å²) in [4.78, 5) is 34.4. The Morgan fingerprint density at radius 2 is 1.74 bits per heavy atom. The number of halogens is 3. The highest BCUT2D eigenvalue weighted by molar-refractivity contribution is 6.15. The molecule has 3 aromatic heterocycles. The van der Waals surface area contributed by atoms with Gasteiger partial charge in [0.2, 0.25) is 5.84 Å². The standard InChI is InChI=1S/C27H26F3N7O/c1-14(2)21-19(7-6-12-31-21)23-32-13-20-24(35-23)37(26(38)36(20)5)16(4)17-8-10-18(11-9-17)22-15(3)33-25(34-22)27(28,29)30/h6-16H,1-5H3/t15?,16-/m1/s1. The van der Waals surface area contributed by atoms with Gasteiger partial charge in [0.15, 0.2) is 11.5 Å². The topological polar surface area (TPSA) is 90.3 Å². The van der Waals surface area contributed by atoms with Gasteiger partial charge < -0.3 is 0 Å². The summed E-state index contributed by atoms with van der Waals surface area (Å²) in [5, 5.41) is 0. The minimum Gasteiger partial charge on any atom is -0.292 e. The lowest BCUT2D eigenvalue weighted by atomic mass is 10.0. The molecule has 0 radical (unpaired) electrons. The fourth-order valence-electron chi connectivity index (χ4n) is 4.69. The van der Waals surface area contributed by atoms with E-state index in [-0.39, 0.29) is 17.3 Å². The van der Waals surface area contributed by atoms with Crippen molar-refractivity contribution in [2.24, 2.45) is 17.0 Å². The van der Waals surface area contributed by atoms with Gasteiger partial charge in [-0.1, -0.05) is 38.1 Å². The summed E-state index contributed by atoms with van der Waals surface area (Å²) >= 11 is 0. The van der Waals surface area contributed by atoms with Crippen molar-refractivity contribution in [3.05, 3.63) is 76.1 Å². The molecule has 4 aromatic rings. The van der Waals surface area contributed by atoms with Crippen molar-refractivity contribution in [1.82, 2.24) is 24.1 Å². The first-order valence-corrected chi connectivity index (χ1v) is 12.2. The molecule has 196 valence electrons. The molecule has 0 spiro atoms. The van der Waals surface area contributed by atoms with Gasteiger partial charge in [0.05, 0.1) is 29.7 Å². The molecular formula is C27H26F3N7O. The van der Waals surface area contributed by atoms with Crippen molar-refractivity contribution in [1.29, 1.82) is 0 Å². The van der Waals surface area contributed by atoms with E-state index < -0.39 is 24.1 Å². The van der Waals surface area contributed by atoms with E-state index in [1.807, 2.05) is 32.9 Å². The van der Waals surface area contributed by atoms with Crippen LogP contribution in [0.1, 0.15) is 56.5 Å². The van der Waals surface area contributed by atoms with Gasteiger partial charge >= 0.3 is 11.9 Å². The number of benzene rings is 1. The summed E-state index contributed by atoms with van der Waals surface area (Å²) in [7, 11) is 1.67. The second-order valence-electron chi connectivity index (χ2n) is 9.63. The Hall–Kier alpha value is -4.15. The van der Waals surface area contributed by atoms with E-state index in [0.717, 1.165) is 16.8 Å². The number of rotatable bonds is 5. The summed E-state index contributed by atoms with van der Waals surface area (Å²) in [5.41, 5.74) is 4.07. The van der Waals surface area contributed by atoms with Crippen LogP contribution in [0.3, 0.4) is 0 Å². The van der Waals surface area contributed by atoms with Gasteiger partial charge in [-0.3, -0.25) is 19.1 Å². The number of imidazole rings is 1. The molecule has 11 heteroatoms. The predicted molar refractivity (Wildman–Crippen MR) is 140 cm³/mol. The third kappa shape index (κ3) is 4.31. The molecule has 0 amide bonds. The van der Waals surface area contributed by atoms with Gasteiger partial charge in [0.1, 0.15) is 5.52 Å². The van der Waals surface area contributed by atoms with E-state index in [2.05, 4.69) is 20.0 Å². The minimum absolute atomic E-state index is 0.158. The maximum atomic E-state index is 13.3. The summed E-state index contributed by atoms with van der Waals surface area (Å²) in [5.74, 6) is -0.486. The van der Waals surface area contributed by atoms with Crippen molar-refractivity contribution in [2.75, 3.05) is 0 Å². The van der Waals surface area contributed by atoms with E-state index in [1.165, 1.54) is 4.57 Å². The smallest absolute Gasteiger partial charge is 0.292 e. The zero-order chi connectivity index (χ0) is 27.4. The summed E-state index contributed by atoms with van der Waals surface area (Å²) in [6.45, 7) is 7.54. The van der Waals surface area contributed by atoms with Crippen LogP contribution in [0.2, 0.25) is 0 Å². The van der Waals surface area contributed by atoms with Crippen LogP contribution in [-0.2, 0) is 7.05 Å². The second kappa shape index (κ2) is 9.30. The van der Waals surface area contributed by atoms with E-state index in [0.29, 0.717) is 22.6 Å². The lowest BCUT2D eigenvalue weighted by Crippen LogP contribution is -2.25. The van der Waals surface area contributed by atoms with Crippen LogP contribution in [0.4, 0.5) is 13.2 Å². The van der Waals surface area contributed by atoms with Crippen LogP contribution in [0, 0.1) is 0 Å². The first-order valence-electron chi connectivity index (χ1n) is 12.2. The lowest BCUT2D eigenvalue weighted by molar-refractivity contribution is -0.0596. The fourth-order valence-corrected chi connectivity index (χ4v) is 4.69. The molecule has 38 heavy (non-hydrogen) atoms. The SMILES string of the molecule is CC1N=C(C(F)(F)F)N=C1c1ccc([C@@H](C)n2c(=O)n(C)c3cnc(-c4cccnc4C(C)C)nc32)cc1. The molecule has 2 atom stereocenters. The Morgan fingerprint density at radius 1 is 1.03 bits per heavy atom. The number of hydrogen-bond acceptors (Lipinski definition) is 6. The molecule has 1 aliphatic rings. The van der Waals surface area contributed by atoms with E-state index >= 15 is 0 Å². The zero-order valence-corrected chi connectivity index (χ0v) is 21.5. The van der Waals surface area contributed by atoms with Crippen molar-refractivity contribution < 1.29 is 13.2 Å². The highest BCUT2D eigenvalue weighted by Gasteiger charge is 2.40. The lowest BCUT2D eigenvalue weighted by Gasteiger charge is -2.15. The Morgan fingerprint density at radius 3 is 2.37 bits per heavy atom. The highest BCUT2D eigenvalue weighted by atomic mass is 19.4. The van der Waals surface area contributed by atoms with Crippen LogP contribution in [-0.4, -0.2) is 47.9 Å². The van der Waals surface area contributed by atoms with Gasteiger partial charge in [0, 0.05) is 18.8 Å². The first-order chi connectivity index (χ1) is 18.0. The fraction of sp³-hybridized carbons (Fsp3) is 0.333. The van der Waals surface area contributed by atoms with E-state index in [1.54, 1.807) is 55.2 Å². The number of nitrogens with zero attached hydrogens (tertiary/aromatic N) is 7. The number of pyridine rings is 1. The minimum atomic E-state index is -4.59. The molecule has 4 heterocycles. The molecule has 0 N–H and O–H groups in total. The summed E-state index contributed by atoms with van der Waals surface area (Å²) in [6, 6.07) is 9.61. The van der Waals surface area contributed by atoms with Gasteiger partial charge in [-0.05, 0) is 43.0 Å². The number of hydrogen-bond donors (Lipinski definition) is 0. The molecule has 5 rings (SSSR count). The summed E-state index contributed by atoms with van der Waals surface area (Å²) < 4.78 is 42.3. The molecule has 1 unspecified atom stereocenters. The van der Waals surface area contributed by atoms with Crippen molar-refractivity contribution in [3.63, 3.8) is 0 Å². The molecule has 0 fully saturated rings. The Kier molecular flexibility index (Phi) is 6.24. The number of aromatic nitrogens is 5. The highest BCUT2D eigenvalue weighted by Crippen LogP contribution is 2.29. The molecule has 0 saturated heterocycles. The van der Waals surface area contributed by atoms with Crippen LogP contribution < -0.4 is 5.69 Å². The molecule has 8 nitrogen and oxygen atoms in total. The van der Waals surface area contributed by atoms with E-state index in [9.17, 15) is 18.0 Å². The Bertz CT molecular complexity index is 1650. The van der Waals surface area contributed by atoms with Gasteiger partial charge in [-0.15, -0.1) is 0 Å². The molecular weight excluding hydrogens is 495 g/mol. The average molecular weight is 522 g/mol. The van der Waals surface area contributed by atoms with Crippen molar-refractivity contribution in [2.45, 2.75) is 51.9 Å². The molecule has 0 saturated carbocycles. The van der Waals surface area contributed by atoms with Crippen LogP contribution >= 0.6 is 0 Å². The van der Waals surface area contributed by atoms with Crippen LogP contribution in [0.15, 0.2) is 63.6 Å². The Balaban J connectivity index is 1.54. The largest absolute Gasteiger partial charge is 0.451 e. The number of fused-ring (bicyclic) bond motifs is 1. The summed E-state index contributed by atoms with van der Waals surface area (Å²) in [6.07, 6.45) is -1.22. The maximum Gasteiger partial charge on any atom is 0.451 e. The first kappa shape index (κ1) is 25.5. The van der Waals surface area contributed by atoms with Crippen LogP contribution in [0.5, 0.6) is 0 Å². The monoisotopic (exact) mass is 521 g/mol. The van der Waals surface area contributed by atoms with Crippen molar-refractivity contribution >= 4 is 22.7 Å². The molecule has 0 aliphatic carbocycles. The van der Waals surface area contributed by atoms with Gasteiger partial charge in [-0.25, -0.2) is 19.8 Å².